The highest BCUT2D eigenvalue weighted by Gasteiger charge is 2.02. The SMILES string of the molecule is Clc1ccc(OCc2ccnc(Cl)c2)c(Br)c1. The third kappa shape index (κ3) is 3.60. The van der Waals surface area contributed by atoms with E-state index in [1.807, 2.05) is 12.1 Å². The monoisotopic (exact) mass is 331 g/mol. The van der Waals surface area contributed by atoms with Crippen LogP contribution in [-0.4, -0.2) is 4.98 Å². The Bertz CT molecular complexity index is 534. The van der Waals surface area contributed by atoms with Gasteiger partial charge in [0.15, 0.2) is 0 Å². The van der Waals surface area contributed by atoms with Crippen molar-refractivity contribution in [3.8, 4) is 5.75 Å². The average Bonchev–Trinajstić information content (AvgIpc) is 2.28. The second-order valence-corrected chi connectivity index (χ2v) is 5.03. The molecule has 1 heterocycles. The third-order valence-electron chi connectivity index (χ3n) is 2.08. The van der Waals surface area contributed by atoms with Gasteiger partial charge in [-0.3, -0.25) is 0 Å². The zero-order chi connectivity index (χ0) is 12.3. The molecule has 0 aliphatic carbocycles. The number of halogens is 3. The second-order valence-electron chi connectivity index (χ2n) is 3.35. The summed E-state index contributed by atoms with van der Waals surface area (Å²) in [6, 6.07) is 9.01. The molecular formula is C12H8BrCl2NO. The molecule has 2 aromatic rings. The Hall–Kier alpha value is -0.770. The lowest BCUT2D eigenvalue weighted by Gasteiger charge is -2.08. The number of benzene rings is 1. The van der Waals surface area contributed by atoms with Gasteiger partial charge in [0.25, 0.3) is 0 Å². The first-order valence-electron chi connectivity index (χ1n) is 4.83. The fourth-order valence-corrected chi connectivity index (χ4v) is 2.28. The van der Waals surface area contributed by atoms with E-state index in [0.29, 0.717) is 16.8 Å². The molecule has 88 valence electrons. The van der Waals surface area contributed by atoms with Gasteiger partial charge in [0, 0.05) is 11.2 Å². The highest BCUT2D eigenvalue weighted by molar-refractivity contribution is 9.10. The van der Waals surface area contributed by atoms with Gasteiger partial charge in [0.1, 0.15) is 17.5 Å². The van der Waals surface area contributed by atoms with Crippen molar-refractivity contribution in [3.63, 3.8) is 0 Å². The molecule has 2 rings (SSSR count). The summed E-state index contributed by atoms with van der Waals surface area (Å²) >= 11 is 15.0. The van der Waals surface area contributed by atoms with Gasteiger partial charge in [-0.05, 0) is 51.8 Å². The highest BCUT2D eigenvalue weighted by atomic mass is 79.9. The van der Waals surface area contributed by atoms with Gasteiger partial charge >= 0.3 is 0 Å². The van der Waals surface area contributed by atoms with E-state index in [0.717, 1.165) is 15.8 Å². The Labute approximate surface area is 118 Å². The van der Waals surface area contributed by atoms with Gasteiger partial charge in [0.2, 0.25) is 0 Å². The number of hydrogen-bond donors (Lipinski definition) is 0. The summed E-state index contributed by atoms with van der Waals surface area (Å²) in [5.41, 5.74) is 0.965. The molecule has 0 saturated heterocycles. The zero-order valence-corrected chi connectivity index (χ0v) is 11.8. The minimum Gasteiger partial charge on any atom is -0.488 e. The first-order chi connectivity index (χ1) is 8.15. The zero-order valence-electron chi connectivity index (χ0n) is 8.66. The Morgan fingerprint density at radius 3 is 2.71 bits per heavy atom. The van der Waals surface area contributed by atoms with Gasteiger partial charge in [-0.1, -0.05) is 23.2 Å². The fraction of sp³-hybridized carbons (Fsp3) is 0.0833. The van der Waals surface area contributed by atoms with Crippen molar-refractivity contribution in [1.82, 2.24) is 4.98 Å². The van der Waals surface area contributed by atoms with Gasteiger partial charge in [0.05, 0.1) is 4.47 Å². The number of ether oxygens (including phenoxy) is 1. The Morgan fingerprint density at radius 1 is 1.18 bits per heavy atom. The molecule has 2 nitrogen and oxygen atoms in total. The van der Waals surface area contributed by atoms with Gasteiger partial charge in [-0.25, -0.2) is 4.98 Å². The van der Waals surface area contributed by atoms with Crippen molar-refractivity contribution >= 4 is 39.1 Å². The van der Waals surface area contributed by atoms with Crippen LogP contribution >= 0.6 is 39.1 Å². The minimum absolute atomic E-state index is 0.433. The summed E-state index contributed by atoms with van der Waals surface area (Å²) < 4.78 is 6.47. The normalized spacial score (nSPS) is 10.3. The standard InChI is InChI=1S/C12H8BrCl2NO/c13-10-6-9(14)1-2-11(10)17-7-8-3-4-16-12(15)5-8/h1-6H,7H2. The molecule has 1 aromatic heterocycles. The minimum atomic E-state index is 0.433. The number of hydrogen-bond acceptors (Lipinski definition) is 2. The number of nitrogens with zero attached hydrogens (tertiary/aromatic N) is 1. The third-order valence-corrected chi connectivity index (χ3v) is 3.14. The van der Waals surface area contributed by atoms with Crippen LogP contribution in [0.15, 0.2) is 41.0 Å². The number of pyridine rings is 1. The van der Waals surface area contributed by atoms with Crippen LogP contribution in [0.2, 0.25) is 10.2 Å². The molecule has 0 N–H and O–H groups in total. The Kier molecular flexibility index (Phi) is 4.26. The van der Waals surface area contributed by atoms with E-state index in [9.17, 15) is 0 Å². The molecule has 0 unspecified atom stereocenters. The summed E-state index contributed by atoms with van der Waals surface area (Å²) in [5.74, 6) is 0.738. The molecule has 17 heavy (non-hydrogen) atoms. The van der Waals surface area contributed by atoms with Crippen molar-refractivity contribution in [3.05, 3.63) is 56.7 Å². The molecule has 5 heteroatoms. The van der Waals surface area contributed by atoms with Crippen LogP contribution in [0, 0.1) is 0 Å². The Balaban J connectivity index is 2.07. The van der Waals surface area contributed by atoms with E-state index in [1.54, 1.807) is 24.4 Å². The van der Waals surface area contributed by atoms with Crippen LogP contribution in [-0.2, 0) is 6.61 Å². The van der Waals surface area contributed by atoms with E-state index in [-0.39, 0.29) is 0 Å². The second kappa shape index (κ2) is 5.71. The summed E-state index contributed by atoms with van der Waals surface area (Å²) in [4.78, 5) is 3.91. The molecule has 1 aromatic carbocycles. The first kappa shape index (κ1) is 12.7. The van der Waals surface area contributed by atoms with Crippen LogP contribution in [0.25, 0.3) is 0 Å². The summed E-state index contributed by atoms with van der Waals surface area (Å²) in [5, 5.41) is 1.12. The largest absolute Gasteiger partial charge is 0.488 e. The average molecular weight is 333 g/mol. The molecule has 0 atom stereocenters. The molecule has 0 fully saturated rings. The van der Waals surface area contributed by atoms with E-state index < -0.39 is 0 Å². The molecule has 0 aliphatic rings. The van der Waals surface area contributed by atoms with Crippen molar-refractivity contribution in [1.29, 1.82) is 0 Å². The van der Waals surface area contributed by atoms with E-state index in [1.165, 1.54) is 0 Å². The Morgan fingerprint density at radius 2 is 2.00 bits per heavy atom. The molecule has 0 radical (unpaired) electrons. The van der Waals surface area contributed by atoms with Crippen molar-refractivity contribution < 1.29 is 4.74 Å². The van der Waals surface area contributed by atoms with Gasteiger partial charge in [-0.2, -0.15) is 0 Å². The van der Waals surface area contributed by atoms with Crippen LogP contribution in [0.5, 0.6) is 5.75 Å². The van der Waals surface area contributed by atoms with Crippen molar-refractivity contribution in [2.24, 2.45) is 0 Å². The maximum atomic E-state index is 5.84. The lowest BCUT2D eigenvalue weighted by Crippen LogP contribution is -1.96. The van der Waals surface area contributed by atoms with Crippen molar-refractivity contribution in [2.75, 3.05) is 0 Å². The van der Waals surface area contributed by atoms with E-state index in [2.05, 4.69) is 20.9 Å². The molecule has 0 bridgehead atoms. The van der Waals surface area contributed by atoms with Crippen LogP contribution in [0.4, 0.5) is 0 Å². The summed E-state index contributed by atoms with van der Waals surface area (Å²) in [7, 11) is 0. The predicted octanol–water partition coefficient (Wildman–Crippen LogP) is 4.73. The first-order valence-corrected chi connectivity index (χ1v) is 6.38. The van der Waals surface area contributed by atoms with Gasteiger partial charge < -0.3 is 4.74 Å². The summed E-state index contributed by atoms with van der Waals surface area (Å²) in [6.45, 7) is 0.433. The lowest BCUT2D eigenvalue weighted by molar-refractivity contribution is 0.304. The topological polar surface area (TPSA) is 22.1 Å². The van der Waals surface area contributed by atoms with Crippen LogP contribution in [0.1, 0.15) is 5.56 Å². The molecule has 0 spiro atoms. The van der Waals surface area contributed by atoms with Crippen molar-refractivity contribution in [2.45, 2.75) is 6.61 Å². The highest BCUT2D eigenvalue weighted by Crippen LogP contribution is 2.28. The van der Waals surface area contributed by atoms with Crippen LogP contribution < -0.4 is 4.74 Å². The van der Waals surface area contributed by atoms with E-state index >= 15 is 0 Å². The van der Waals surface area contributed by atoms with E-state index in [4.69, 9.17) is 27.9 Å². The number of aromatic nitrogens is 1. The molecule has 0 amide bonds. The summed E-state index contributed by atoms with van der Waals surface area (Å²) in [6.07, 6.45) is 1.65. The van der Waals surface area contributed by atoms with Crippen LogP contribution in [0.3, 0.4) is 0 Å². The lowest BCUT2D eigenvalue weighted by atomic mass is 10.3. The molecule has 0 aliphatic heterocycles. The maximum Gasteiger partial charge on any atom is 0.134 e. The van der Waals surface area contributed by atoms with Gasteiger partial charge in [-0.15, -0.1) is 0 Å². The number of rotatable bonds is 3. The maximum absolute atomic E-state index is 5.84. The smallest absolute Gasteiger partial charge is 0.134 e. The fourth-order valence-electron chi connectivity index (χ4n) is 1.29. The molecular weight excluding hydrogens is 325 g/mol. The predicted molar refractivity (Wildman–Crippen MR) is 72.7 cm³/mol. The quantitative estimate of drug-likeness (QED) is 0.758. The molecule has 0 saturated carbocycles.